The van der Waals surface area contributed by atoms with Crippen LogP contribution in [0, 0.1) is 0 Å². The molecule has 1 aliphatic rings. The van der Waals surface area contributed by atoms with Crippen molar-refractivity contribution in [3.63, 3.8) is 0 Å². The number of fused-ring (bicyclic) bond motifs is 2. The monoisotopic (exact) mass is 338 g/mol. The molecule has 1 unspecified atom stereocenters. The van der Waals surface area contributed by atoms with Gasteiger partial charge in [0.2, 0.25) is 0 Å². The Balaban J connectivity index is 1.51. The first-order chi connectivity index (χ1) is 12.1. The molecule has 0 saturated heterocycles. The fraction of sp³-hybridized carbons (Fsp3) is 0.250. The van der Waals surface area contributed by atoms with Crippen LogP contribution in [0.2, 0.25) is 0 Å². The second-order valence-electron chi connectivity index (χ2n) is 6.18. The Morgan fingerprint density at radius 2 is 1.96 bits per heavy atom. The van der Waals surface area contributed by atoms with Crippen LogP contribution < -0.4 is 14.2 Å². The quantitative estimate of drug-likeness (QED) is 0.520. The van der Waals surface area contributed by atoms with Crippen LogP contribution in [0.15, 0.2) is 46.9 Å². The fourth-order valence-corrected chi connectivity index (χ4v) is 3.05. The summed E-state index contributed by atoms with van der Waals surface area (Å²) in [6.07, 6.45) is 0.412. The fourth-order valence-electron chi connectivity index (χ4n) is 3.05. The molecule has 2 aromatic carbocycles. The number of hydrogen-bond acceptors (Lipinski definition) is 5. The lowest BCUT2D eigenvalue weighted by Crippen LogP contribution is -2.18. The Morgan fingerprint density at radius 1 is 1.12 bits per heavy atom. The zero-order valence-electron chi connectivity index (χ0n) is 14.1. The van der Waals surface area contributed by atoms with Gasteiger partial charge >= 0.3 is 5.97 Å². The standard InChI is InChI=1S/C20H18O5/c1-12-7-20(21)25-19-10-15(3-5-17(12)19)23-11-16-9-13-8-14(22-2)4-6-18(13)24-16/h3-6,8-10,12H,7,11H2,1-2H3. The topological polar surface area (TPSA) is 57.9 Å². The molecule has 0 aliphatic carbocycles. The molecule has 3 aromatic rings. The smallest absolute Gasteiger partial charge is 0.311 e. The number of benzene rings is 2. The van der Waals surface area contributed by atoms with Crippen LogP contribution >= 0.6 is 0 Å². The van der Waals surface area contributed by atoms with Gasteiger partial charge in [-0.05, 0) is 41.8 Å². The highest BCUT2D eigenvalue weighted by molar-refractivity contribution is 5.79. The van der Waals surface area contributed by atoms with Crippen LogP contribution in [0.5, 0.6) is 17.2 Å². The highest BCUT2D eigenvalue weighted by Crippen LogP contribution is 2.36. The third-order valence-corrected chi connectivity index (χ3v) is 4.37. The van der Waals surface area contributed by atoms with Gasteiger partial charge in [-0.2, -0.15) is 0 Å². The third-order valence-electron chi connectivity index (χ3n) is 4.37. The largest absolute Gasteiger partial charge is 0.497 e. The van der Waals surface area contributed by atoms with Gasteiger partial charge in [0, 0.05) is 11.5 Å². The summed E-state index contributed by atoms with van der Waals surface area (Å²) in [6, 6.07) is 13.2. The molecular weight excluding hydrogens is 320 g/mol. The van der Waals surface area contributed by atoms with Crippen molar-refractivity contribution in [2.45, 2.75) is 25.9 Å². The number of ether oxygens (including phenoxy) is 3. The molecule has 0 amide bonds. The maximum Gasteiger partial charge on any atom is 0.311 e. The number of hydrogen-bond donors (Lipinski definition) is 0. The molecule has 5 heteroatoms. The molecule has 0 spiro atoms. The third kappa shape index (κ3) is 3.05. The summed E-state index contributed by atoms with van der Waals surface area (Å²) in [7, 11) is 1.63. The van der Waals surface area contributed by atoms with E-state index in [9.17, 15) is 4.79 Å². The zero-order chi connectivity index (χ0) is 17.4. The number of furan rings is 1. The Kier molecular flexibility index (Phi) is 3.84. The van der Waals surface area contributed by atoms with Crippen LogP contribution in [0.1, 0.15) is 30.6 Å². The van der Waals surface area contributed by atoms with Crippen LogP contribution in [-0.2, 0) is 11.4 Å². The van der Waals surface area contributed by atoms with Crippen molar-refractivity contribution in [1.29, 1.82) is 0 Å². The van der Waals surface area contributed by atoms with E-state index in [2.05, 4.69) is 0 Å². The van der Waals surface area contributed by atoms with E-state index in [1.165, 1.54) is 0 Å². The van der Waals surface area contributed by atoms with E-state index in [1.807, 2.05) is 43.3 Å². The number of carbonyl (C=O) groups excluding carboxylic acids is 1. The molecule has 0 radical (unpaired) electrons. The molecule has 0 N–H and O–H groups in total. The summed E-state index contributed by atoms with van der Waals surface area (Å²) < 4.78 is 22.1. The summed E-state index contributed by atoms with van der Waals surface area (Å²) in [5.41, 5.74) is 1.82. The molecule has 0 saturated carbocycles. The summed E-state index contributed by atoms with van der Waals surface area (Å²) in [6.45, 7) is 2.31. The molecule has 1 atom stereocenters. The lowest BCUT2D eigenvalue weighted by Gasteiger charge is -2.21. The molecule has 25 heavy (non-hydrogen) atoms. The molecular formula is C20H18O5. The Hall–Kier alpha value is -2.95. The van der Waals surface area contributed by atoms with Crippen LogP contribution in [0.4, 0.5) is 0 Å². The van der Waals surface area contributed by atoms with E-state index in [0.717, 1.165) is 22.3 Å². The molecule has 2 heterocycles. The minimum atomic E-state index is -0.205. The highest BCUT2D eigenvalue weighted by Gasteiger charge is 2.24. The second kappa shape index (κ2) is 6.16. The summed E-state index contributed by atoms with van der Waals surface area (Å²) in [5.74, 6) is 2.67. The summed E-state index contributed by atoms with van der Waals surface area (Å²) >= 11 is 0. The van der Waals surface area contributed by atoms with Crippen molar-refractivity contribution in [1.82, 2.24) is 0 Å². The van der Waals surface area contributed by atoms with Crippen LogP contribution in [-0.4, -0.2) is 13.1 Å². The van der Waals surface area contributed by atoms with Gasteiger partial charge in [0.25, 0.3) is 0 Å². The van der Waals surface area contributed by atoms with E-state index in [4.69, 9.17) is 18.6 Å². The molecule has 0 bridgehead atoms. The van der Waals surface area contributed by atoms with E-state index in [0.29, 0.717) is 30.3 Å². The van der Waals surface area contributed by atoms with Gasteiger partial charge < -0.3 is 18.6 Å². The van der Waals surface area contributed by atoms with Gasteiger partial charge in [-0.3, -0.25) is 4.79 Å². The van der Waals surface area contributed by atoms with Gasteiger partial charge in [-0.15, -0.1) is 0 Å². The Bertz CT molecular complexity index is 940. The van der Waals surface area contributed by atoms with Crippen molar-refractivity contribution in [2.75, 3.05) is 7.11 Å². The number of methoxy groups -OCH3 is 1. The van der Waals surface area contributed by atoms with Crippen molar-refractivity contribution in [3.05, 3.63) is 53.8 Å². The number of rotatable bonds is 4. The maximum atomic E-state index is 11.6. The Morgan fingerprint density at radius 3 is 2.80 bits per heavy atom. The summed E-state index contributed by atoms with van der Waals surface area (Å²) in [4.78, 5) is 11.6. The molecule has 0 fully saturated rings. The van der Waals surface area contributed by atoms with Crippen molar-refractivity contribution >= 4 is 16.9 Å². The molecule has 5 nitrogen and oxygen atoms in total. The van der Waals surface area contributed by atoms with Gasteiger partial charge in [-0.1, -0.05) is 13.0 Å². The lowest BCUT2D eigenvalue weighted by atomic mass is 9.95. The van der Waals surface area contributed by atoms with E-state index >= 15 is 0 Å². The van der Waals surface area contributed by atoms with E-state index in [1.54, 1.807) is 13.2 Å². The van der Waals surface area contributed by atoms with Crippen molar-refractivity contribution in [3.8, 4) is 17.2 Å². The molecule has 1 aromatic heterocycles. The van der Waals surface area contributed by atoms with Gasteiger partial charge in [0.15, 0.2) is 0 Å². The average molecular weight is 338 g/mol. The average Bonchev–Trinajstić information content (AvgIpc) is 3.01. The van der Waals surface area contributed by atoms with Crippen LogP contribution in [0.25, 0.3) is 11.0 Å². The minimum Gasteiger partial charge on any atom is -0.497 e. The molecule has 4 rings (SSSR count). The first-order valence-corrected chi connectivity index (χ1v) is 8.16. The van der Waals surface area contributed by atoms with E-state index in [-0.39, 0.29) is 11.9 Å². The predicted molar refractivity (Wildman–Crippen MR) is 92.2 cm³/mol. The lowest BCUT2D eigenvalue weighted by molar-refractivity contribution is -0.135. The zero-order valence-corrected chi connectivity index (χ0v) is 14.1. The van der Waals surface area contributed by atoms with Crippen LogP contribution in [0.3, 0.4) is 0 Å². The van der Waals surface area contributed by atoms with Gasteiger partial charge in [-0.25, -0.2) is 0 Å². The van der Waals surface area contributed by atoms with Crippen molar-refractivity contribution in [2.24, 2.45) is 0 Å². The first-order valence-electron chi connectivity index (χ1n) is 8.16. The number of esters is 1. The van der Waals surface area contributed by atoms with E-state index < -0.39 is 0 Å². The highest BCUT2D eigenvalue weighted by atomic mass is 16.5. The maximum absolute atomic E-state index is 11.6. The Labute approximate surface area is 145 Å². The predicted octanol–water partition coefficient (Wildman–Crippen LogP) is 4.43. The molecule has 128 valence electrons. The normalized spacial score (nSPS) is 16.4. The first kappa shape index (κ1) is 15.6. The van der Waals surface area contributed by atoms with Crippen molar-refractivity contribution < 1.29 is 23.4 Å². The van der Waals surface area contributed by atoms with Gasteiger partial charge in [0.1, 0.15) is 35.2 Å². The summed E-state index contributed by atoms with van der Waals surface area (Å²) in [5, 5.41) is 0.964. The molecule has 1 aliphatic heterocycles. The SMILES string of the molecule is COc1ccc2oc(COc3ccc4c(c3)OC(=O)CC4C)cc2c1. The number of carbonyl (C=O) groups is 1. The second-order valence-corrected chi connectivity index (χ2v) is 6.18. The van der Waals surface area contributed by atoms with Gasteiger partial charge in [0.05, 0.1) is 13.5 Å². The minimum absolute atomic E-state index is 0.163.